The minimum Gasteiger partial charge on any atom is -0.329 e. The summed E-state index contributed by atoms with van der Waals surface area (Å²) in [6.45, 7) is 0.405. The van der Waals surface area contributed by atoms with Gasteiger partial charge in [0.25, 0.3) is 0 Å². The van der Waals surface area contributed by atoms with E-state index in [1.54, 1.807) is 6.33 Å². The fourth-order valence-electron chi connectivity index (χ4n) is 3.12. The maximum absolute atomic E-state index is 12.6. The van der Waals surface area contributed by atoms with Gasteiger partial charge in [0, 0.05) is 24.8 Å². The van der Waals surface area contributed by atoms with Gasteiger partial charge in [0.15, 0.2) is 5.82 Å². The van der Waals surface area contributed by atoms with Crippen molar-refractivity contribution in [3.8, 4) is 11.4 Å². The summed E-state index contributed by atoms with van der Waals surface area (Å²) in [7, 11) is 1.89. The van der Waals surface area contributed by atoms with Gasteiger partial charge in [-0.05, 0) is 25.0 Å². The molecule has 1 heterocycles. The van der Waals surface area contributed by atoms with Gasteiger partial charge in [-0.1, -0.05) is 25.0 Å². The molecule has 3 rings (SSSR count). The molecule has 3 N–H and O–H groups in total. The molecule has 0 atom stereocenters. The Morgan fingerprint density at radius 3 is 2.82 bits per heavy atom. The molecule has 0 saturated heterocycles. The number of aryl methyl sites for hydroxylation is 1. The third-order valence-corrected chi connectivity index (χ3v) is 4.52. The maximum Gasteiger partial charge on any atom is 0.231 e. The Morgan fingerprint density at radius 2 is 2.18 bits per heavy atom. The number of amides is 1. The summed E-state index contributed by atoms with van der Waals surface area (Å²) in [5.41, 5.74) is 7.16. The topological polar surface area (TPSA) is 85.8 Å². The Kier molecular flexibility index (Phi) is 3.94. The molecule has 1 aliphatic carbocycles. The van der Waals surface area contributed by atoms with Gasteiger partial charge in [-0.2, -0.15) is 0 Å². The van der Waals surface area contributed by atoms with Crippen LogP contribution >= 0.6 is 0 Å². The predicted molar refractivity (Wildman–Crippen MR) is 85.0 cm³/mol. The van der Waals surface area contributed by atoms with Crippen molar-refractivity contribution in [3.63, 3.8) is 0 Å². The zero-order chi connectivity index (χ0) is 15.6. The normalized spacial score (nSPS) is 16.6. The van der Waals surface area contributed by atoms with Crippen molar-refractivity contribution in [2.75, 3.05) is 11.9 Å². The Bertz CT molecular complexity index is 673. The Balaban J connectivity index is 1.81. The van der Waals surface area contributed by atoms with Gasteiger partial charge in [0.1, 0.15) is 6.33 Å². The molecule has 0 spiro atoms. The van der Waals surface area contributed by atoms with Crippen molar-refractivity contribution in [2.24, 2.45) is 18.2 Å². The van der Waals surface area contributed by atoms with Crippen LogP contribution in [0, 0.1) is 5.41 Å². The largest absolute Gasteiger partial charge is 0.329 e. The molecule has 6 heteroatoms. The first kappa shape index (κ1) is 14.7. The maximum atomic E-state index is 12.6. The molecule has 116 valence electrons. The van der Waals surface area contributed by atoms with Crippen LogP contribution in [-0.4, -0.2) is 27.2 Å². The highest BCUT2D eigenvalue weighted by atomic mass is 16.2. The number of nitrogens with zero attached hydrogens (tertiary/aromatic N) is 3. The summed E-state index contributed by atoms with van der Waals surface area (Å²) in [6.07, 6.45) is 5.55. The first-order valence-electron chi connectivity index (χ1n) is 7.61. The number of benzene rings is 1. The van der Waals surface area contributed by atoms with Crippen LogP contribution in [0.1, 0.15) is 25.7 Å². The van der Waals surface area contributed by atoms with E-state index in [1.165, 1.54) is 0 Å². The van der Waals surface area contributed by atoms with Crippen LogP contribution in [0.3, 0.4) is 0 Å². The van der Waals surface area contributed by atoms with E-state index in [-0.39, 0.29) is 5.91 Å². The molecule has 22 heavy (non-hydrogen) atoms. The van der Waals surface area contributed by atoms with E-state index >= 15 is 0 Å². The molecule has 0 radical (unpaired) electrons. The lowest BCUT2D eigenvalue weighted by atomic mass is 9.85. The SMILES string of the molecule is Cn1cnnc1-c1cccc(NC(=O)C2(CN)CCCC2)c1. The lowest BCUT2D eigenvalue weighted by Gasteiger charge is -2.25. The van der Waals surface area contributed by atoms with E-state index in [1.807, 2.05) is 35.9 Å². The van der Waals surface area contributed by atoms with Gasteiger partial charge in [-0.25, -0.2) is 0 Å². The summed E-state index contributed by atoms with van der Waals surface area (Å²) in [5.74, 6) is 0.799. The molecule has 2 aromatic rings. The van der Waals surface area contributed by atoms with Gasteiger partial charge in [0.2, 0.25) is 5.91 Å². The van der Waals surface area contributed by atoms with E-state index in [0.29, 0.717) is 6.54 Å². The minimum absolute atomic E-state index is 0.0302. The molecule has 1 fully saturated rings. The lowest BCUT2D eigenvalue weighted by Crippen LogP contribution is -2.40. The van der Waals surface area contributed by atoms with Crippen LogP contribution in [0.25, 0.3) is 11.4 Å². The number of carbonyl (C=O) groups excluding carboxylic acids is 1. The second-order valence-corrected chi connectivity index (χ2v) is 5.99. The molecule has 0 unspecified atom stereocenters. The highest BCUT2D eigenvalue weighted by Gasteiger charge is 2.39. The van der Waals surface area contributed by atoms with Crippen molar-refractivity contribution < 1.29 is 4.79 Å². The highest BCUT2D eigenvalue weighted by molar-refractivity contribution is 5.96. The average molecular weight is 299 g/mol. The van der Waals surface area contributed by atoms with Crippen LogP contribution in [0.5, 0.6) is 0 Å². The number of nitrogens with one attached hydrogen (secondary N) is 1. The number of aromatic nitrogens is 3. The fourth-order valence-corrected chi connectivity index (χ4v) is 3.12. The second kappa shape index (κ2) is 5.88. The van der Waals surface area contributed by atoms with Crippen LogP contribution in [0.15, 0.2) is 30.6 Å². The van der Waals surface area contributed by atoms with E-state index < -0.39 is 5.41 Å². The summed E-state index contributed by atoms with van der Waals surface area (Å²) in [5, 5.41) is 11.0. The number of anilines is 1. The second-order valence-electron chi connectivity index (χ2n) is 5.99. The predicted octanol–water partition coefficient (Wildman–Crippen LogP) is 1.94. The first-order chi connectivity index (χ1) is 10.6. The van der Waals surface area contributed by atoms with Crippen molar-refractivity contribution in [1.29, 1.82) is 0 Å². The van der Waals surface area contributed by atoms with E-state index in [0.717, 1.165) is 42.8 Å². The zero-order valence-corrected chi connectivity index (χ0v) is 12.7. The lowest BCUT2D eigenvalue weighted by molar-refractivity contribution is -0.124. The standard InChI is InChI=1S/C16H21N5O/c1-21-11-18-20-14(21)12-5-4-6-13(9-12)19-15(22)16(10-17)7-2-3-8-16/h4-6,9,11H,2-3,7-8,10,17H2,1H3,(H,19,22). The smallest absolute Gasteiger partial charge is 0.231 e. The fraction of sp³-hybridized carbons (Fsp3) is 0.438. The van der Waals surface area contributed by atoms with E-state index in [4.69, 9.17) is 5.73 Å². The number of hydrogen-bond donors (Lipinski definition) is 2. The number of rotatable bonds is 4. The molecule has 6 nitrogen and oxygen atoms in total. The minimum atomic E-state index is -0.402. The van der Waals surface area contributed by atoms with Gasteiger partial charge in [-0.3, -0.25) is 4.79 Å². The van der Waals surface area contributed by atoms with E-state index in [9.17, 15) is 4.79 Å². The number of hydrogen-bond acceptors (Lipinski definition) is 4. The number of carbonyl (C=O) groups is 1. The quantitative estimate of drug-likeness (QED) is 0.903. The molecule has 1 amide bonds. The van der Waals surface area contributed by atoms with Gasteiger partial charge < -0.3 is 15.6 Å². The van der Waals surface area contributed by atoms with E-state index in [2.05, 4.69) is 15.5 Å². The zero-order valence-electron chi connectivity index (χ0n) is 12.7. The Hall–Kier alpha value is -2.21. The molecule has 1 aliphatic rings. The van der Waals surface area contributed by atoms with Crippen LogP contribution in [0.2, 0.25) is 0 Å². The van der Waals surface area contributed by atoms with Crippen molar-refractivity contribution in [1.82, 2.24) is 14.8 Å². The van der Waals surface area contributed by atoms with Crippen LogP contribution in [-0.2, 0) is 11.8 Å². The molecular weight excluding hydrogens is 278 g/mol. The van der Waals surface area contributed by atoms with Gasteiger partial charge in [-0.15, -0.1) is 10.2 Å². The number of nitrogens with two attached hydrogens (primary N) is 1. The molecule has 1 saturated carbocycles. The van der Waals surface area contributed by atoms with Crippen molar-refractivity contribution in [2.45, 2.75) is 25.7 Å². The van der Waals surface area contributed by atoms with Crippen molar-refractivity contribution in [3.05, 3.63) is 30.6 Å². The first-order valence-corrected chi connectivity index (χ1v) is 7.61. The monoisotopic (exact) mass is 299 g/mol. The Morgan fingerprint density at radius 1 is 1.41 bits per heavy atom. The summed E-state index contributed by atoms with van der Waals surface area (Å²) in [4.78, 5) is 12.6. The van der Waals surface area contributed by atoms with Crippen molar-refractivity contribution >= 4 is 11.6 Å². The van der Waals surface area contributed by atoms with Gasteiger partial charge in [0.05, 0.1) is 5.41 Å². The summed E-state index contributed by atoms with van der Waals surface area (Å²) < 4.78 is 1.85. The van der Waals surface area contributed by atoms with Gasteiger partial charge >= 0.3 is 0 Å². The summed E-state index contributed by atoms with van der Waals surface area (Å²) in [6, 6.07) is 7.66. The average Bonchev–Trinajstić information content (AvgIpc) is 3.17. The third kappa shape index (κ3) is 2.62. The Labute approximate surface area is 129 Å². The molecule has 1 aromatic carbocycles. The van der Waals surface area contributed by atoms with Crippen LogP contribution < -0.4 is 11.1 Å². The molecule has 0 aliphatic heterocycles. The highest BCUT2D eigenvalue weighted by Crippen LogP contribution is 2.38. The van der Waals surface area contributed by atoms with Crippen LogP contribution in [0.4, 0.5) is 5.69 Å². The summed E-state index contributed by atoms with van der Waals surface area (Å²) >= 11 is 0. The molecule has 0 bridgehead atoms. The third-order valence-electron chi connectivity index (χ3n) is 4.52. The molecule has 1 aromatic heterocycles. The molecular formula is C16H21N5O.